The number of rotatable bonds is 9. The van der Waals surface area contributed by atoms with Crippen LogP contribution >= 0.6 is 0 Å². The molecule has 0 unspecified atom stereocenters. The van der Waals surface area contributed by atoms with Crippen molar-refractivity contribution in [3.63, 3.8) is 0 Å². The van der Waals surface area contributed by atoms with E-state index in [1.165, 1.54) is 0 Å². The Balaban J connectivity index is 1.40. The largest absolute Gasteiger partial charge is 0.492 e. The minimum absolute atomic E-state index is 0.0515. The number of amides is 1. The van der Waals surface area contributed by atoms with Crippen molar-refractivity contribution in [2.45, 2.75) is 33.0 Å². The number of hydrogen-bond acceptors (Lipinski definition) is 8. The number of anilines is 2. The third-order valence-electron chi connectivity index (χ3n) is 6.32. The van der Waals surface area contributed by atoms with Crippen LogP contribution in [0.2, 0.25) is 0 Å². The lowest BCUT2D eigenvalue weighted by Crippen LogP contribution is -2.41. The van der Waals surface area contributed by atoms with Gasteiger partial charge in [0.1, 0.15) is 11.5 Å². The van der Waals surface area contributed by atoms with Gasteiger partial charge in [-0.1, -0.05) is 0 Å². The maximum absolute atomic E-state index is 12.9. The Morgan fingerprint density at radius 3 is 2.30 bits per heavy atom. The van der Waals surface area contributed by atoms with Crippen molar-refractivity contribution in [2.75, 3.05) is 82.6 Å². The molecule has 9 heteroatoms. The number of piperidine rings is 1. The van der Waals surface area contributed by atoms with Crippen molar-refractivity contribution >= 4 is 17.3 Å². The lowest BCUT2D eigenvalue weighted by molar-refractivity contribution is -0.119. The van der Waals surface area contributed by atoms with E-state index in [1.54, 1.807) is 0 Å². The van der Waals surface area contributed by atoms with E-state index in [-0.39, 0.29) is 12.2 Å². The Bertz CT molecular complexity index is 772. The molecule has 1 N–H and O–H groups in total. The lowest BCUT2D eigenvalue weighted by Gasteiger charge is -2.33. The first-order valence-electron chi connectivity index (χ1n) is 12.2. The standard InChI is InChI=1S/C24H37N3O6/c1-3-30-21-16-20(27-9-11-29-12-10-27)22(31-4-2)15-19(21)25-23(28)17-26-7-5-18(6-8-26)24-32-13-14-33-24/h15-16,18,24H,3-14,17H2,1-2H3,(H,25,28). The summed E-state index contributed by atoms with van der Waals surface area (Å²) in [4.78, 5) is 17.3. The minimum Gasteiger partial charge on any atom is -0.492 e. The number of nitrogens with zero attached hydrogens (tertiary/aromatic N) is 2. The van der Waals surface area contributed by atoms with Crippen molar-refractivity contribution in [1.82, 2.24) is 4.90 Å². The van der Waals surface area contributed by atoms with Gasteiger partial charge in [-0.2, -0.15) is 0 Å². The average Bonchev–Trinajstić information content (AvgIpc) is 3.37. The van der Waals surface area contributed by atoms with E-state index in [0.29, 0.717) is 63.5 Å². The van der Waals surface area contributed by atoms with Crippen molar-refractivity contribution in [3.8, 4) is 11.5 Å². The van der Waals surface area contributed by atoms with Crippen LogP contribution in [0.15, 0.2) is 12.1 Å². The molecule has 1 amide bonds. The SMILES string of the molecule is CCOc1cc(N2CCOCC2)c(OCC)cc1NC(=O)CN1CCC(C2OCCO2)CC1. The first-order chi connectivity index (χ1) is 16.2. The smallest absolute Gasteiger partial charge is 0.238 e. The van der Waals surface area contributed by atoms with Gasteiger partial charge in [0.2, 0.25) is 5.91 Å². The Kier molecular flexibility index (Phi) is 8.66. The summed E-state index contributed by atoms with van der Waals surface area (Å²) in [5.41, 5.74) is 1.62. The van der Waals surface area contributed by atoms with Crippen molar-refractivity contribution in [2.24, 2.45) is 5.92 Å². The first-order valence-corrected chi connectivity index (χ1v) is 12.2. The van der Waals surface area contributed by atoms with Crippen LogP contribution in [0.1, 0.15) is 26.7 Å². The molecule has 0 spiro atoms. The second-order valence-corrected chi connectivity index (χ2v) is 8.55. The molecule has 4 rings (SSSR count). The van der Waals surface area contributed by atoms with Crippen LogP contribution in [0.3, 0.4) is 0 Å². The number of carbonyl (C=O) groups excluding carboxylic acids is 1. The predicted octanol–water partition coefficient (Wildman–Crippen LogP) is 2.34. The van der Waals surface area contributed by atoms with E-state index < -0.39 is 0 Å². The van der Waals surface area contributed by atoms with Gasteiger partial charge in [0.25, 0.3) is 0 Å². The van der Waals surface area contributed by atoms with Crippen LogP contribution in [-0.4, -0.2) is 89.5 Å². The van der Waals surface area contributed by atoms with Crippen molar-refractivity contribution in [3.05, 3.63) is 12.1 Å². The van der Waals surface area contributed by atoms with E-state index in [4.69, 9.17) is 23.7 Å². The zero-order chi connectivity index (χ0) is 23.0. The second kappa shape index (κ2) is 11.9. The highest BCUT2D eigenvalue weighted by atomic mass is 16.7. The highest BCUT2D eigenvalue weighted by molar-refractivity contribution is 5.94. The molecule has 3 fully saturated rings. The number of hydrogen-bond donors (Lipinski definition) is 1. The monoisotopic (exact) mass is 463 g/mol. The van der Waals surface area contributed by atoms with Gasteiger partial charge in [0.15, 0.2) is 6.29 Å². The third kappa shape index (κ3) is 6.29. The molecule has 0 aliphatic carbocycles. The normalized spacial score (nSPS) is 20.7. The van der Waals surface area contributed by atoms with Gasteiger partial charge in [-0.3, -0.25) is 9.69 Å². The fraction of sp³-hybridized carbons (Fsp3) is 0.708. The minimum atomic E-state index is -0.0725. The zero-order valence-corrected chi connectivity index (χ0v) is 19.8. The molecule has 1 aromatic rings. The van der Waals surface area contributed by atoms with Gasteiger partial charge in [0.05, 0.1) is 57.6 Å². The molecule has 3 aliphatic rings. The summed E-state index contributed by atoms with van der Waals surface area (Å²) < 4.78 is 28.6. The van der Waals surface area contributed by atoms with Gasteiger partial charge >= 0.3 is 0 Å². The van der Waals surface area contributed by atoms with E-state index in [1.807, 2.05) is 26.0 Å². The van der Waals surface area contributed by atoms with Crippen LogP contribution in [0.25, 0.3) is 0 Å². The predicted molar refractivity (Wildman–Crippen MR) is 125 cm³/mol. The van der Waals surface area contributed by atoms with Gasteiger partial charge in [-0.25, -0.2) is 0 Å². The van der Waals surface area contributed by atoms with Gasteiger partial charge in [-0.15, -0.1) is 0 Å². The average molecular weight is 464 g/mol. The number of morpholine rings is 1. The topological polar surface area (TPSA) is 81.7 Å². The summed E-state index contributed by atoms with van der Waals surface area (Å²) in [5, 5.41) is 3.06. The Hall–Kier alpha value is -2.07. The van der Waals surface area contributed by atoms with E-state index >= 15 is 0 Å². The van der Waals surface area contributed by atoms with Crippen LogP contribution in [-0.2, 0) is 19.0 Å². The summed E-state index contributed by atoms with van der Waals surface area (Å²) in [6.07, 6.45) is 1.88. The van der Waals surface area contributed by atoms with Crippen LogP contribution in [0.4, 0.5) is 11.4 Å². The molecule has 0 saturated carbocycles. The number of carbonyl (C=O) groups is 1. The van der Waals surface area contributed by atoms with Crippen LogP contribution in [0, 0.1) is 5.92 Å². The van der Waals surface area contributed by atoms with E-state index in [9.17, 15) is 4.79 Å². The Morgan fingerprint density at radius 2 is 1.64 bits per heavy atom. The fourth-order valence-corrected chi connectivity index (χ4v) is 4.67. The molecule has 0 radical (unpaired) electrons. The molecule has 3 heterocycles. The maximum Gasteiger partial charge on any atom is 0.238 e. The molecule has 33 heavy (non-hydrogen) atoms. The molecule has 184 valence electrons. The molecule has 3 aliphatic heterocycles. The van der Waals surface area contributed by atoms with Gasteiger partial charge < -0.3 is 33.9 Å². The molecule has 9 nitrogen and oxygen atoms in total. The molecule has 0 bridgehead atoms. The molecular weight excluding hydrogens is 426 g/mol. The first kappa shape index (κ1) is 24.1. The highest BCUT2D eigenvalue weighted by Gasteiger charge is 2.31. The van der Waals surface area contributed by atoms with Gasteiger partial charge in [-0.05, 0) is 39.8 Å². The Labute approximate surface area is 196 Å². The third-order valence-corrected chi connectivity index (χ3v) is 6.32. The summed E-state index contributed by atoms with van der Waals surface area (Å²) in [5.74, 6) is 1.77. The van der Waals surface area contributed by atoms with Crippen LogP contribution in [0.5, 0.6) is 11.5 Å². The summed E-state index contributed by atoms with van der Waals surface area (Å²) >= 11 is 0. The number of benzene rings is 1. The maximum atomic E-state index is 12.9. The lowest BCUT2D eigenvalue weighted by atomic mass is 9.96. The van der Waals surface area contributed by atoms with Crippen LogP contribution < -0.4 is 19.7 Å². The quantitative estimate of drug-likeness (QED) is 0.598. The fourth-order valence-electron chi connectivity index (χ4n) is 4.67. The van der Waals surface area contributed by atoms with Crippen molar-refractivity contribution < 1.29 is 28.5 Å². The molecule has 0 aromatic heterocycles. The second-order valence-electron chi connectivity index (χ2n) is 8.55. The van der Waals surface area contributed by atoms with E-state index in [0.717, 1.165) is 50.5 Å². The summed E-state index contributed by atoms with van der Waals surface area (Å²) in [6, 6.07) is 3.86. The molecule has 0 atom stereocenters. The summed E-state index contributed by atoms with van der Waals surface area (Å²) in [6.45, 7) is 11.4. The van der Waals surface area contributed by atoms with E-state index in [2.05, 4.69) is 15.1 Å². The number of likely N-dealkylation sites (tertiary alicyclic amines) is 1. The zero-order valence-electron chi connectivity index (χ0n) is 19.8. The number of ether oxygens (including phenoxy) is 5. The molecule has 1 aromatic carbocycles. The molecular formula is C24H37N3O6. The highest BCUT2D eigenvalue weighted by Crippen LogP contribution is 2.39. The molecule has 3 saturated heterocycles. The Morgan fingerprint density at radius 1 is 0.970 bits per heavy atom. The van der Waals surface area contributed by atoms with Gasteiger partial charge in [0, 0.05) is 31.1 Å². The summed E-state index contributed by atoms with van der Waals surface area (Å²) in [7, 11) is 0. The number of nitrogens with one attached hydrogen (secondary N) is 1. The van der Waals surface area contributed by atoms with Crippen molar-refractivity contribution in [1.29, 1.82) is 0 Å².